The SMILES string of the molecule is CCC1CCC(NC2CCC(CC)CC2)CC1. The molecular weight excluding hydrogens is 206 g/mol. The second-order valence-electron chi connectivity index (χ2n) is 6.42. The molecule has 0 aromatic heterocycles. The summed E-state index contributed by atoms with van der Waals surface area (Å²) in [5, 5.41) is 3.95. The molecule has 0 unspecified atom stereocenters. The van der Waals surface area contributed by atoms with E-state index in [0.29, 0.717) is 0 Å². The number of nitrogens with one attached hydrogen (secondary N) is 1. The van der Waals surface area contributed by atoms with Crippen molar-refractivity contribution in [1.29, 1.82) is 0 Å². The van der Waals surface area contributed by atoms with Gasteiger partial charge in [-0.1, -0.05) is 26.7 Å². The summed E-state index contributed by atoms with van der Waals surface area (Å²) in [6.07, 6.45) is 14.4. The van der Waals surface area contributed by atoms with Crippen LogP contribution in [-0.4, -0.2) is 12.1 Å². The summed E-state index contributed by atoms with van der Waals surface area (Å²) in [5.74, 6) is 2.06. The molecule has 1 nitrogen and oxygen atoms in total. The molecule has 1 N–H and O–H groups in total. The summed E-state index contributed by atoms with van der Waals surface area (Å²) in [6.45, 7) is 4.70. The van der Waals surface area contributed by atoms with Crippen LogP contribution < -0.4 is 5.32 Å². The van der Waals surface area contributed by atoms with Crippen LogP contribution in [0.25, 0.3) is 0 Å². The summed E-state index contributed by atoms with van der Waals surface area (Å²) in [6, 6.07) is 1.70. The molecule has 2 aliphatic rings. The van der Waals surface area contributed by atoms with E-state index in [-0.39, 0.29) is 0 Å². The lowest BCUT2D eigenvalue weighted by atomic mass is 9.81. The normalized spacial score (nSPS) is 39.2. The fourth-order valence-corrected chi connectivity index (χ4v) is 3.81. The van der Waals surface area contributed by atoms with Crippen molar-refractivity contribution in [3.05, 3.63) is 0 Å². The van der Waals surface area contributed by atoms with Gasteiger partial charge >= 0.3 is 0 Å². The van der Waals surface area contributed by atoms with Gasteiger partial charge in [-0.3, -0.25) is 0 Å². The van der Waals surface area contributed by atoms with E-state index in [1.165, 1.54) is 64.2 Å². The Labute approximate surface area is 108 Å². The average Bonchev–Trinajstić information content (AvgIpc) is 2.40. The average molecular weight is 237 g/mol. The van der Waals surface area contributed by atoms with Gasteiger partial charge in [0.1, 0.15) is 0 Å². The van der Waals surface area contributed by atoms with E-state index in [2.05, 4.69) is 19.2 Å². The van der Waals surface area contributed by atoms with Crippen LogP contribution in [0.15, 0.2) is 0 Å². The van der Waals surface area contributed by atoms with Gasteiger partial charge in [-0.15, -0.1) is 0 Å². The van der Waals surface area contributed by atoms with Crippen molar-refractivity contribution in [2.75, 3.05) is 0 Å². The fraction of sp³-hybridized carbons (Fsp3) is 1.00. The summed E-state index contributed by atoms with van der Waals surface area (Å²) in [7, 11) is 0. The zero-order valence-corrected chi connectivity index (χ0v) is 11.9. The second kappa shape index (κ2) is 6.78. The maximum Gasteiger partial charge on any atom is 0.00698 e. The van der Waals surface area contributed by atoms with E-state index >= 15 is 0 Å². The van der Waals surface area contributed by atoms with Crippen LogP contribution in [0.4, 0.5) is 0 Å². The van der Waals surface area contributed by atoms with Crippen molar-refractivity contribution < 1.29 is 0 Å². The molecular formula is C16H31N. The van der Waals surface area contributed by atoms with E-state index in [1.54, 1.807) is 0 Å². The highest BCUT2D eigenvalue weighted by molar-refractivity contribution is 4.83. The van der Waals surface area contributed by atoms with Gasteiger partial charge < -0.3 is 5.32 Å². The number of rotatable bonds is 4. The molecule has 2 rings (SSSR count). The third kappa shape index (κ3) is 3.98. The van der Waals surface area contributed by atoms with Gasteiger partial charge in [0, 0.05) is 12.1 Å². The third-order valence-electron chi connectivity index (χ3n) is 5.32. The molecule has 100 valence electrons. The molecule has 0 bridgehead atoms. The standard InChI is InChI=1S/C16H31N/c1-3-13-5-9-15(10-6-13)17-16-11-7-14(4-2)8-12-16/h13-17H,3-12H2,1-2H3. The predicted octanol–water partition coefficient (Wildman–Crippen LogP) is 4.51. The van der Waals surface area contributed by atoms with Crippen molar-refractivity contribution in [2.24, 2.45) is 11.8 Å². The van der Waals surface area contributed by atoms with Crippen LogP contribution in [-0.2, 0) is 0 Å². The van der Waals surface area contributed by atoms with E-state index < -0.39 is 0 Å². The zero-order valence-electron chi connectivity index (χ0n) is 11.9. The fourth-order valence-electron chi connectivity index (χ4n) is 3.81. The second-order valence-corrected chi connectivity index (χ2v) is 6.42. The first-order chi connectivity index (χ1) is 8.31. The topological polar surface area (TPSA) is 12.0 Å². The molecule has 0 saturated heterocycles. The first-order valence-electron chi connectivity index (χ1n) is 8.07. The maximum atomic E-state index is 3.95. The van der Waals surface area contributed by atoms with Crippen LogP contribution in [0.5, 0.6) is 0 Å². The lowest BCUT2D eigenvalue weighted by Crippen LogP contribution is -2.42. The van der Waals surface area contributed by atoms with Crippen molar-refractivity contribution >= 4 is 0 Å². The first-order valence-corrected chi connectivity index (χ1v) is 8.07. The molecule has 2 aliphatic carbocycles. The molecule has 2 saturated carbocycles. The molecule has 0 spiro atoms. The molecule has 0 radical (unpaired) electrons. The molecule has 0 aliphatic heterocycles. The molecule has 0 amide bonds. The van der Waals surface area contributed by atoms with Gasteiger partial charge in [0.2, 0.25) is 0 Å². The summed E-state index contributed by atoms with van der Waals surface area (Å²) < 4.78 is 0. The Morgan fingerprint density at radius 3 is 1.29 bits per heavy atom. The first kappa shape index (κ1) is 13.4. The van der Waals surface area contributed by atoms with E-state index in [1.807, 2.05) is 0 Å². The van der Waals surface area contributed by atoms with E-state index in [9.17, 15) is 0 Å². The Hall–Kier alpha value is -0.0400. The smallest absolute Gasteiger partial charge is 0.00698 e. The number of hydrogen-bond acceptors (Lipinski definition) is 1. The van der Waals surface area contributed by atoms with E-state index in [4.69, 9.17) is 0 Å². The lowest BCUT2D eigenvalue weighted by Gasteiger charge is -2.35. The molecule has 0 aromatic rings. The van der Waals surface area contributed by atoms with Crippen molar-refractivity contribution in [3.63, 3.8) is 0 Å². The Kier molecular flexibility index (Phi) is 5.34. The van der Waals surface area contributed by atoms with Gasteiger partial charge in [0.25, 0.3) is 0 Å². The molecule has 1 heteroatoms. The Morgan fingerprint density at radius 2 is 1.00 bits per heavy atom. The van der Waals surface area contributed by atoms with Crippen molar-refractivity contribution in [2.45, 2.75) is 90.1 Å². The summed E-state index contributed by atoms with van der Waals surface area (Å²) in [5.41, 5.74) is 0. The Bertz CT molecular complexity index is 176. The van der Waals surface area contributed by atoms with Gasteiger partial charge in [-0.2, -0.15) is 0 Å². The third-order valence-corrected chi connectivity index (χ3v) is 5.32. The quantitative estimate of drug-likeness (QED) is 0.758. The largest absolute Gasteiger partial charge is 0.311 e. The highest BCUT2D eigenvalue weighted by Gasteiger charge is 2.25. The van der Waals surface area contributed by atoms with Gasteiger partial charge in [0.15, 0.2) is 0 Å². The summed E-state index contributed by atoms with van der Waals surface area (Å²) >= 11 is 0. The minimum absolute atomic E-state index is 0.848. The Morgan fingerprint density at radius 1 is 0.647 bits per heavy atom. The molecule has 0 atom stereocenters. The lowest BCUT2D eigenvalue weighted by molar-refractivity contribution is 0.226. The molecule has 0 heterocycles. The van der Waals surface area contributed by atoms with Crippen LogP contribution in [0.1, 0.15) is 78.1 Å². The highest BCUT2D eigenvalue weighted by Crippen LogP contribution is 2.30. The van der Waals surface area contributed by atoms with E-state index in [0.717, 1.165) is 23.9 Å². The van der Waals surface area contributed by atoms with Gasteiger partial charge in [-0.25, -0.2) is 0 Å². The van der Waals surface area contributed by atoms with Crippen molar-refractivity contribution in [3.8, 4) is 0 Å². The zero-order chi connectivity index (χ0) is 12.1. The van der Waals surface area contributed by atoms with Crippen molar-refractivity contribution in [1.82, 2.24) is 5.32 Å². The van der Waals surface area contributed by atoms with Crippen LogP contribution in [0.3, 0.4) is 0 Å². The minimum atomic E-state index is 0.848. The Balaban J connectivity index is 1.65. The van der Waals surface area contributed by atoms with Gasteiger partial charge in [0.05, 0.1) is 0 Å². The molecule has 0 aromatic carbocycles. The molecule has 2 fully saturated rings. The molecule has 17 heavy (non-hydrogen) atoms. The monoisotopic (exact) mass is 237 g/mol. The highest BCUT2D eigenvalue weighted by atomic mass is 15.0. The van der Waals surface area contributed by atoms with Crippen LogP contribution in [0, 0.1) is 11.8 Å². The maximum absolute atomic E-state index is 3.95. The van der Waals surface area contributed by atoms with Crippen LogP contribution in [0.2, 0.25) is 0 Å². The van der Waals surface area contributed by atoms with Gasteiger partial charge in [-0.05, 0) is 63.2 Å². The minimum Gasteiger partial charge on any atom is -0.311 e. The summed E-state index contributed by atoms with van der Waals surface area (Å²) in [4.78, 5) is 0. The number of hydrogen-bond donors (Lipinski definition) is 1. The predicted molar refractivity (Wildman–Crippen MR) is 75.2 cm³/mol. The van der Waals surface area contributed by atoms with Crippen LogP contribution >= 0.6 is 0 Å².